The van der Waals surface area contributed by atoms with Gasteiger partial charge in [-0.2, -0.15) is 0 Å². The molecule has 0 aliphatic heterocycles. The third kappa shape index (κ3) is 8.34. The first-order valence-electron chi connectivity index (χ1n) is 14.9. The van der Waals surface area contributed by atoms with E-state index in [9.17, 15) is 22.4 Å². The molecule has 0 radical (unpaired) electrons. The zero-order valence-electron chi connectivity index (χ0n) is 24.7. The number of rotatable bonds is 13. The van der Waals surface area contributed by atoms with Crippen LogP contribution in [0.4, 0.5) is 10.1 Å². The number of anilines is 1. The molecule has 0 saturated heterocycles. The van der Waals surface area contributed by atoms with Gasteiger partial charge in [0.15, 0.2) is 0 Å². The van der Waals surface area contributed by atoms with Crippen molar-refractivity contribution in [3.05, 3.63) is 90.2 Å². The number of halogens is 1. The van der Waals surface area contributed by atoms with Crippen LogP contribution in [-0.4, -0.2) is 50.4 Å². The molecule has 0 spiro atoms. The van der Waals surface area contributed by atoms with Crippen LogP contribution in [0.3, 0.4) is 0 Å². The van der Waals surface area contributed by atoms with E-state index in [0.717, 1.165) is 54.1 Å². The van der Waals surface area contributed by atoms with Crippen molar-refractivity contribution in [2.24, 2.45) is 0 Å². The van der Waals surface area contributed by atoms with Gasteiger partial charge < -0.3 is 15.0 Å². The summed E-state index contributed by atoms with van der Waals surface area (Å²) >= 11 is 0. The Balaban J connectivity index is 1.68. The van der Waals surface area contributed by atoms with Gasteiger partial charge in [-0.05, 0) is 80.3 Å². The number of carbonyl (C=O) groups is 2. The molecule has 0 aromatic heterocycles. The van der Waals surface area contributed by atoms with Gasteiger partial charge in [-0.25, -0.2) is 12.8 Å². The van der Waals surface area contributed by atoms with E-state index in [4.69, 9.17) is 4.74 Å². The van der Waals surface area contributed by atoms with Crippen LogP contribution in [0.25, 0.3) is 0 Å². The Labute approximate surface area is 253 Å². The Morgan fingerprint density at radius 3 is 2.19 bits per heavy atom. The molecule has 1 saturated carbocycles. The number of sulfonamides is 1. The molecule has 230 valence electrons. The van der Waals surface area contributed by atoms with E-state index < -0.39 is 34.3 Å². The minimum absolute atomic E-state index is 0.0511. The zero-order chi connectivity index (χ0) is 30.8. The second-order valence-corrected chi connectivity index (χ2v) is 12.5. The van der Waals surface area contributed by atoms with Gasteiger partial charge >= 0.3 is 0 Å². The highest BCUT2D eigenvalue weighted by Crippen LogP contribution is 2.27. The molecule has 4 rings (SSSR count). The van der Waals surface area contributed by atoms with Crippen molar-refractivity contribution in [3.63, 3.8) is 0 Å². The van der Waals surface area contributed by atoms with Crippen LogP contribution in [0, 0.1) is 5.82 Å². The van der Waals surface area contributed by atoms with Crippen LogP contribution in [-0.2, 0) is 26.2 Å². The Hall–Kier alpha value is -3.92. The third-order valence-corrected chi connectivity index (χ3v) is 9.44. The molecule has 0 heterocycles. The minimum Gasteiger partial charge on any atom is -0.494 e. The highest BCUT2D eigenvalue weighted by atomic mass is 32.2. The SMILES string of the molecule is CCOc1ccc(S(=O)(=O)N(CC(=O)N(Cc2ccccc2)C(CC)C(=O)NC2CCCCC2)c2ccc(F)cc2)cc1. The molecule has 1 N–H and O–H groups in total. The van der Waals surface area contributed by atoms with Crippen molar-refractivity contribution in [2.75, 3.05) is 17.5 Å². The number of ether oxygens (including phenoxy) is 1. The lowest BCUT2D eigenvalue weighted by Crippen LogP contribution is -2.54. The summed E-state index contributed by atoms with van der Waals surface area (Å²) < 4.78 is 48.2. The van der Waals surface area contributed by atoms with E-state index >= 15 is 0 Å². The van der Waals surface area contributed by atoms with Crippen LogP contribution in [0.15, 0.2) is 83.8 Å². The van der Waals surface area contributed by atoms with Crippen molar-refractivity contribution in [2.45, 2.75) is 75.9 Å². The molecular weight excluding hydrogens is 569 g/mol. The molecule has 1 aliphatic carbocycles. The fourth-order valence-electron chi connectivity index (χ4n) is 5.38. The van der Waals surface area contributed by atoms with E-state index in [1.165, 1.54) is 29.2 Å². The molecule has 10 heteroatoms. The van der Waals surface area contributed by atoms with Gasteiger partial charge in [-0.3, -0.25) is 13.9 Å². The lowest BCUT2D eigenvalue weighted by Gasteiger charge is -2.34. The summed E-state index contributed by atoms with van der Waals surface area (Å²) in [7, 11) is -4.27. The predicted octanol–water partition coefficient (Wildman–Crippen LogP) is 5.68. The van der Waals surface area contributed by atoms with Crippen LogP contribution in [0.2, 0.25) is 0 Å². The maximum absolute atomic E-state index is 14.2. The van der Waals surface area contributed by atoms with Gasteiger partial charge in [0, 0.05) is 12.6 Å². The minimum atomic E-state index is -4.27. The smallest absolute Gasteiger partial charge is 0.264 e. The van der Waals surface area contributed by atoms with E-state index in [1.54, 1.807) is 12.1 Å². The van der Waals surface area contributed by atoms with Crippen LogP contribution in [0.1, 0.15) is 57.9 Å². The lowest BCUT2D eigenvalue weighted by atomic mass is 9.95. The summed E-state index contributed by atoms with van der Waals surface area (Å²) in [6, 6.07) is 19.4. The zero-order valence-corrected chi connectivity index (χ0v) is 25.6. The third-order valence-electron chi connectivity index (χ3n) is 7.65. The molecule has 3 aromatic carbocycles. The van der Waals surface area contributed by atoms with Crippen molar-refractivity contribution in [1.82, 2.24) is 10.2 Å². The largest absolute Gasteiger partial charge is 0.494 e. The number of hydrogen-bond acceptors (Lipinski definition) is 5. The van der Waals surface area contributed by atoms with E-state index in [-0.39, 0.29) is 29.1 Å². The monoisotopic (exact) mass is 609 g/mol. The van der Waals surface area contributed by atoms with Crippen molar-refractivity contribution < 1.29 is 27.1 Å². The van der Waals surface area contributed by atoms with Gasteiger partial charge in [0.05, 0.1) is 17.2 Å². The van der Waals surface area contributed by atoms with E-state index in [1.807, 2.05) is 44.2 Å². The standard InChI is InChI=1S/C33H40FN3O5S/c1-3-31(33(39)35-27-13-9-6-10-14-27)36(23-25-11-7-5-8-12-25)32(38)24-37(28-17-15-26(34)16-18-28)43(40,41)30-21-19-29(20-22-30)42-4-2/h5,7-8,11-12,15-22,27,31H,3-4,6,9-10,13-14,23-24H2,1-2H3,(H,35,39). The summed E-state index contributed by atoms with van der Waals surface area (Å²) in [6.07, 6.45) is 5.37. The Kier molecular flexibility index (Phi) is 11.2. The van der Waals surface area contributed by atoms with Crippen LogP contribution < -0.4 is 14.4 Å². The van der Waals surface area contributed by atoms with Crippen molar-refractivity contribution in [3.8, 4) is 5.75 Å². The van der Waals surface area contributed by atoms with E-state index in [0.29, 0.717) is 18.8 Å². The quantitative estimate of drug-likeness (QED) is 0.269. The molecule has 8 nitrogen and oxygen atoms in total. The first kappa shape index (κ1) is 32.0. The summed E-state index contributed by atoms with van der Waals surface area (Å²) in [5, 5.41) is 3.14. The molecule has 1 unspecified atom stereocenters. The Bertz CT molecular complexity index is 1440. The van der Waals surface area contributed by atoms with E-state index in [2.05, 4.69) is 5.32 Å². The fourth-order valence-corrected chi connectivity index (χ4v) is 6.80. The predicted molar refractivity (Wildman–Crippen MR) is 165 cm³/mol. The van der Waals surface area contributed by atoms with Gasteiger partial charge in [-0.1, -0.05) is 56.5 Å². The maximum Gasteiger partial charge on any atom is 0.264 e. The number of nitrogens with zero attached hydrogens (tertiary/aromatic N) is 2. The van der Waals surface area contributed by atoms with Crippen LogP contribution in [0.5, 0.6) is 5.75 Å². The van der Waals surface area contributed by atoms with Gasteiger partial charge in [0.2, 0.25) is 11.8 Å². The first-order valence-corrected chi connectivity index (χ1v) is 16.3. The Morgan fingerprint density at radius 2 is 1.58 bits per heavy atom. The summed E-state index contributed by atoms with van der Waals surface area (Å²) in [5.74, 6) is -0.825. The topological polar surface area (TPSA) is 96.0 Å². The molecule has 1 atom stereocenters. The van der Waals surface area contributed by atoms with Crippen LogP contribution >= 0.6 is 0 Å². The molecule has 3 aromatic rings. The second kappa shape index (κ2) is 15.0. The highest BCUT2D eigenvalue weighted by Gasteiger charge is 2.34. The average molecular weight is 610 g/mol. The number of hydrogen-bond donors (Lipinski definition) is 1. The molecule has 2 amide bonds. The number of carbonyl (C=O) groups excluding carboxylic acids is 2. The molecule has 0 bridgehead atoms. The first-order chi connectivity index (χ1) is 20.7. The summed E-state index contributed by atoms with van der Waals surface area (Å²) in [6.45, 7) is 3.63. The fraction of sp³-hybridized carbons (Fsp3) is 0.394. The summed E-state index contributed by atoms with van der Waals surface area (Å²) in [5.41, 5.74) is 0.936. The normalized spacial score (nSPS) is 14.5. The Morgan fingerprint density at radius 1 is 0.930 bits per heavy atom. The molecule has 1 aliphatic rings. The van der Waals surface area contributed by atoms with Gasteiger partial charge in [0.1, 0.15) is 24.2 Å². The second-order valence-electron chi connectivity index (χ2n) is 10.7. The average Bonchev–Trinajstić information content (AvgIpc) is 3.01. The molecular formula is C33H40FN3O5S. The van der Waals surface area contributed by atoms with Crippen molar-refractivity contribution in [1.29, 1.82) is 0 Å². The summed E-state index contributed by atoms with van der Waals surface area (Å²) in [4.78, 5) is 29.1. The number of nitrogens with one attached hydrogen (secondary N) is 1. The highest BCUT2D eigenvalue weighted by molar-refractivity contribution is 7.92. The lowest BCUT2D eigenvalue weighted by molar-refractivity contribution is -0.140. The maximum atomic E-state index is 14.2. The number of amides is 2. The molecule has 43 heavy (non-hydrogen) atoms. The van der Waals surface area contributed by atoms with Gasteiger partial charge in [0.25, 0.3) is 10.0 Å². The van der Waals surface area contributed by atoms with Gasteiger partial charge in [-0.15, -0.1) is 0 Å². The molecule has 1 fully saturated rings. The van der Waals surface area contributed by atoms with Crippen molar-refractivity contribution >= 4 is 27.5 Å². The number of benzene rings is 3.